The number of hydrogen-bond donors (Lipinski definition) is 2. The maximum atomic E-state index is 15.4. The second kappa shape index (κ2) is 12.7. The first-order valence-corrected chi connectivity index (χ1v) is 14.4. The highest BCUT2D eigenvalue weighted by molar-refractivity contribution is 5.99. The fourth-order valence-electron chi connectivity index (χ4n) is 5.66. The van der Waals surface area contributed by atoms with Gasteiger partial charge >= 0.3 is 12.1 Å². The third-order valence-electron chi connectivity index (χ3n) is 8.34. The molecule has 2 atom stereocenters. The van der Waals surface area contributed by atoms with Crippen molar-refractivity contribution in [2.24, 2.45) is 7.05 Å². The molecule has 2 aromatic carbocycles. The van der Waals surface area contributed by atoms with Crippen LogP contribution in [0.1, 0.15) is 32.9 Å². The number of aryl methyl sites for hydroxylation is 2. The molecule has 10 nitrogen and oxygen atoms in total. The molecule has 0 spiro atoms. The molecule has 4 aromatic rings. The lowest BCUT2D eigenvalue weighted by Crippen LogP contribution is -2.53. The highest BCUT2D eigenvalue weighted by atomic mass is 19.4. The zero-order valence-electron chi connectivity index (χ0n) is 25.7. The standard InChI is InChI=1S/C32H30F5N5O5/c1-15-9-20(42-7-8-47-14-25(42)32(35,36)37)12-23(34)26(15)29(43)40-24(31(45)46)10-18-5-6-21(27-22(18)11-19(33)13-38-27)28-30(44)41(4)17(3)16(2)39-28/h5-6,9,11-13,24-25H,7-8,10,14H2,1-4H3,(H,40,43)(H,45,46)/t24-,25+/m0/s1. The number of ether oxygens (including phenoxy) is 1. The van der Waals surface area contributed by atoms with Crippen molar-refractivity contribution in [3.63, 3.8) is 0 Å². The molecule has 1 saturated heterocycles. The summed E-state index contributed by atoms with van der Waals surface area (Å²) in [5.41, 5.74) is 0.908. The highest BCUT2D eigenvalue weighted by Crippen LogP contribution is 2.33. The molecule has 1 fully saturated rings. The number of nitrogens with zero attached hydrogens (tertiary/aromatic N) is 4. The van der Waals surface area contributed by atoms with Gasteiger partial charge in [0.2, 0.25) is 0 Å². The molecule has 2 aromatic heterocycles. The van der Waals surface area contributed by atoms with Gasteiger partial charge in [0, 0.05) is 42.3 Å². The third-order valence-corrected chi connectivity index (χ3v) is 8.34. The number of hydrogen-bond acceptors (Lipinski definition) is 7. The number of nitrogens with one attached hydrogen (secondary N) is 1. The maximum absolute atomic E-state index is 15.4. The Morgan fingerprint density at radius 1 is 1.15 bits per heavy atom. The number of amides is 1. The molecule has 5 rings (SSSR count). The molecule has 0 radical (unpaired) electrons. The molecule has 0 unspecified atom stereocenters. The largest absolute Gasteiger partial charge is 0.480 e. The molecule has 3 heterocycles. The van der Waals surface area contributed by atoms with Gasteiger partial charge in [-0.1, -0.05) is 12.1 Å². The van der Waals surface area contributed by atoms with Gasteiger partial charge in [0.05, 0.1) is 36.2 Å². The van der Waals surface area contributed by atoms with Crippen LogP contribution < -0.4 is 15.8 Å². The molecule has 0 aliphatic carbocycles. The van der Waals surface area contributed by atoms with Crippen LogP contribution in [0.3, 0.4) is 0 Å². The van der Waals surface area contributed by atoms with Crippen molar-refractivity contribution in [1.82, 2.24) is 19.9 Å². The quantitative estimate of drug-likeness (QED) is 0.280. The number of carboxylic acid groups (broad SMARTS) is 1. The smallest absolute Gasteiger partial charge is 0.411 e. The Morgan fingerprint density at radius 2 is 1.87 bits per heavy atom. The van der Waals surface area contributed by atoms with Crippen LogP contribution >= 0.6 is 0 Å². The number of alkyl halides is 3. The normalized spacial score (nSPS) is 15.9. The Morgan fingerprint density at radius 3 is 2.53 bits per heavy atom. The number of carbonyl (C=O) groups excluding carboxylic acids is 1. The molecule has 1 amide bonds. The van der Waals surface area contributed by atoms with E-state index in [9.17, 15) is 37.1 Å². The Labute approximate surface area is 264 Å². The van der Waals surface area contributed by atoms with Gasteiger partial charge in [-0.15, -0.1) is 0 Å². The van der Waals surface area contributed by atoms with Crippen molar-refractivity contribution >= 4 is 28.5 Å². The summed E-state index contributed by atoms with van der Waals surface area (Å²) in [6.07, 6.45) is -4.09. The van der Waals surface area contributed by atoms with Crippen LogP contribution in [0.15, 0.2) is 41.3 Å². The topological polar surface area (TPSA) is 127 Å². The van der Waals surface area contributed by atoms with Crippen molar-refractivity contribution < 1.29 is 41.4 Å². The monoisotopic (exact) mass is 659 g/mol. The molecule has 2 N–H and O–H groups in total. The Hall–Kier alpha value is -4.92. The van der Waals surface area contributed by atoms with E-state index in [-0.39, 0.29) is 58.5 Å². The average molecular weight is 660 g/mol. The molecular weight excluding hydrogens is 629 g/mol. The summed E-state index contributed by atoms with van der Waals surface area (Å²) in [7, 11) is 1.58. The zero-order chi connectivity index (χ0) is 34.4. The van der Waals surface area contributed by atoms with E-state index >= 15 is 4.39 Å². The van der Waals surface area contributed by atoms with E-state index < -0.39 is 59.5 Å². The van der Waals surface area contributed by atoms with Gasteiger partial charge in [-0.05, 0) is 50.1 Å². The number of carboxylic acids is 1. The number of fused-ring (bicyclic) bond motifs is 1. The van der Waals surface area contributed by atoms with E-state index in [1.165, 1.54) is 29.7 Å². The van der Waals surface area contributed by atoms with E-state index in [1.54, 1.807) is 20.9 Å². The minimum atomic E-state index is -4.65. The first-order valence-electron chi connectivity index (χ1n) is 14.4. The predicted octanol–water partition coefficient (Wildman–Crippen LogP) is 4.39. The zero-order valence-corrected chi connectivity index (χ0v) is 25.7. The van der Waals surface area contributed by atoms with E-state index in [2.05, 4.69) is 15.3 Å². The summed E-state index contributed by atoms with van der Waals surface area (Å²) in [5.74, 6) is -4.47. The number of carbonyl (C=O) groups is 2. The van der Waals surface area contributed by atoms with Gasteiger partial charge < -0.3 is 24.6 Å². The second-order valence-electron chi connectivity index (χ2n) is 11.3. The average Bonchev–Trinajstić information content (AvgIpc) is 3.00. The molecule has 47 heavy (non-hydrogen) atoms. The summed E-state index contributed by atoms with van der Waals surface area (Å²) >= 11 is 0. The molecule has 15 heteroatoms. The number of aliphatic carboxylic acids is 1. The van der Waals surface area contributed by atoms with Crippen LogP contribution in [0.5, 0.6) is 0 Å². The van der Waals surface area contributed by atoms with Gasteiger partial charge in [0.15, 0.2) is 0 Å². The third kappa shape index (κ3) is 6.52. The summed E-state index contributed by atoms with van der Waals surface area (Å²) < 4.78 is 77.0. The molecule has 1 aliphatic heterocycles. The number of benzene rings is 2. The van der Waals surface area contributed by atoms with E-state index in [4.69, 9.17) is 4.74 Å². The molecule has 1 aliphatic rings. The van der Waals surface area contributed by atoms with Crippen molar-refractivity contribution in [3.05, 3.63) is 86.6 Å². The molecule has 0 bridgehead atoms. The first-order chi connectivity index (χ1) is 22.1. The van der Waals surface area contributed by atoms with Crippen LogP contribution in [0.2, 0.25) is 0 Å². The van der Waals surface area contributed by atoms with Crippen molar-refractivity contribution in [2.45, 2.75) is 45.5 Å². The summed E-state index contributed by atoms with van der Waals surface area (Å²) in [4.78, 5) is 48.1. The van der Waals surface area contributed by atoms with Crippen LogP contribution in [-0.4, -0.2) is 69.5 Å². The Bertz CT molecular complexity index is 1940. The maximum Gasteiger partial charge on any atom is 0.411 e. The summed E-state index contributed by atoms with van der Waals surface area (Å²) in [5, 5.41) is 12.4. The molecular formula is C32H30F5N5O5. The van der Waals surface area contributed by atoms with E-state index in [0.717, 1.165) is 23.2 Å². The van der Waals surface area contributed by atoms with Crippen LogP contribution in [0, 0.1) is 32.4 Å². The lowest BCUT2D eigenvalue weighted by Gasteiger charge is -2.38. The number of pyridine rings is 1. The summed E-state index contributed by atoms with van der Waals surface area (Å²) in [6, 6.07) is 2.47. The number of anilines is 1. The SMILES string of the molecule is Cc1cc(N2CCOC[C@@H]2C(F)(F)F)cc(F)c1C(=O)N[C@@H](Cc1ccc(-c2nc(C)c(C)n(C)c2=O)c2ncc(F)cc12)C(=O)O. The second-order valence-corrected chi connectivity index (χ2v) is 11.3. The molecule has 248 valence electrons. The number of rotatable bonds is 7. The minimum Gasteiger partial charge on any atom is -0.480 e. The van der Waals surface area contributed by atoms with Crippen LogP contribution in [-0.2, 0) is 23.0 Å². The number of morpholine rings is 1. The lowest BCUT2D eigenvalue weighted by molar-refractivity contribution is -0.167. The van der Waals surface area contributed by atoms with E-state index in [0.29, 0.717) is 11.4 Å². The van der Waals surface area contributed by atoms with Gasteiger partial charge in [-0.2, -0.15) is 13.2 Å². The van der Waals surface area contributed by atoms with Crippen LogP contribution in [0.25, 0.3) is 22.2 Å². The van der Waals surface area contributed by atoms with Crippen molar-refractivity contribution in [1.29, 1.82) is 0 Å². The predicted molar refractivity (Wildman–Crippen MR) is 161 cm³/mol. The van der Waals surface area contributed by atoms with Gasteiger partial charge in [-0.3, -0.25) is 14.6 Å². The van der Waals surface area contributed by atoms with E-state index in [1.807, 2.05) is 0 Å². The fraction of sp³-hybridized carbons (Fsp3) is 0.344. The van der Waals surface area contributed by atoms with Gasteiger partial charge in [0.25, 0.3) is 11.5 Å². The van der Waals surface area contributed by atoms with Crippen molar-refractivity contribution in [2.75, 3.05) is 24.7 Å². The molecule has 0 saturated carbocycles. The van der Waals surface area contributed by atoms with Crippen LogP contribution in [0.4, 0.5) is 27.6 Å². The number of halogens is 5. The van der Waals surface area contributed by atoms with Gasteiger partial charge in [0.1, 0.15) is 29.4 Å². The Balaban J connectivity index is 1.47. The first kappa shape index (κ1) is 33.4. The fourth-order valence-corrected chi connectivity index (χ4v) is 5.66. The highest BCUT2D eigenvalue weighted by Gasteiger charge is 2.45. The van der Waals surface area contributed by atoms with Gasteiger partial charge in [-0.25, -0.2) is 18.6 Å². The van der Waals surface area contributed by atoms with Crippen molar-refractivity contribution in [3.8, 4) is 11.3 Å². The summed E-state index contributed by atoms with van der Waals surface area (Å²) in [6.45, 7) is 3.97. The lowest BCUT2D eigenvalue weighted by atomic mass is 9.96. The number of aromatic nitrogens is 3. The Kier molecular flexibility index (Phi) is 9.04. The minimum absolute atomic E-state index is 0.0112.